The second-order valence-electron chi connectivity index (χ2n) is 8.47. The van der Waals surface area contributed by atoms with Gasteiger partial charge in [-0.25, -0.2) is 17.4 Å². The number of nitrogens with zero attached hydrogens (tertiary/aromatic N) is 3. The molecule has 3 aromatic rings. The summed E-state index contributed by atoms with van der Waals surface area (Å²) in [5.74, 6) is 0. The fourth-order valence-electron chi connectivity index (χ4n) is 3.33. The number of rotatable bonds is 3. The smallest absolute Gasteiger partial charge is 0.399 e. The summed E-state index contributed by atoms with van der Waals surface area (Å²) in [7, 11) is -4.70. The lowest BCUT2D eigenvalue weighted by atomic mass is 9.79. The van der Waals surface area contributed by atoms with E-state index in [4.69, 9.17) is 9.31 Å². The molecule has 0 aliphatic carbocycles. The van der Waals surface area contributed by atoms with Gasteiger partial charge in [-0.05, 0) is 58.9 Å². The zero-order valence-electron chi connectivity index (χ0n) is 17.5. The summed E-state index contributed by atoms with van der Waals surface area (Å²) in [6.07, 6.45) is 1.48. The van der Waals surface area contributed by atoms with E-state index in [0.29, 0.717) is 10.8 Å². The van der Waals surface area contributed by atoms with Crippen LogP contribution < -0.4 is 5.46 Å². The first-order valence-corrected chi connectivity index (χ1v) is 11.0. The van der Waals surface area contributed by atoms with Crippen molar-refractivity contribution >= 4 is 33.6 Å². The van der Waals surface area contributed by atoms with Gasteiger partial charge in [0.05, 0.1) is 16.1 Å². The molecule has 0 saturated carbocycles. The van der Waals surface area contributed by atoms with E-state index >= 15 is 0 Å². The quantitative estimate of drug-likeness (QED) is 0.602. The lowest BCUT2D eigenvalue weighted by molar-refractivity contribution is 0.00578. The Hall–Kier alpha value is -2.67. The van der Waals surface area contributed by atoms with Crippen LogP contribution in [-0.4, -0.2) is 35.7 Å². The molecule has 7 nitrogen and oxygen atoms in total. The van der Waals surface area contributed by atoms with Crippen molar-refractivity contribution in [2.75, 3.05) is 0 Å². The maximum Gasteiger partial charge on any atom is 0.497 e. The van der Waals surface area contributed by atoms with Gasteiger partial charge in [-0.3, -0.25) is 0 Å². The van der Waals surface area contributed by atoms with Crippen molar-refractivity contribution in [2.24, 2.45) is 0 Å². The Morgan fingerprint density at radius 2 is 1.63 bits per heavy atom. The van der Waals surface area contributed by atoms with Gasteiger partial charge in [-0.15, -0.1) is 0 Å². The van der Waals surface area contributed by atoms with Gasteiger partial charge in [0.15, 0.2) is 5.65 Å². The van der Waals surface area contributed by atoms with Crippen LogP contribution in [0.1, 0.15) is 39.0 Å². The van der Waals surface area contributed by atoms with Crippen molar-refractivity contribution in [1.82, 2.24) is 8.96 Å². The Bertz CT molecular complexity index is 1270. The van der Waals surface area contributed by atoms with Crippen LogP contribution in [0.25, 0.3) is 11.0 Å². The first kappa shape index (κ1) is 20.6. The summed E-state index contributed by atoms with van der Waals surface area (Å²) in [5.41, 5.74) is 0.635. The summed E-state index contributed by atoms with van der Waals surface area (Å²) < 4.78 is 40.2. The molecule has 3 heterocycles. The predicted molar refractivity (Wildman–Crippen MR) is 114 cm³/mol. The monoisotopic (exact) mass is 423 g/mol. The van der Waals surface area contributed by atoms with Crippen LogP contribution in [0.4, 0.5) is 0 Å². The van der Waals surface area contributed by atoms with Gasteiger partial charge in [0, 0.05) is 17.0 Å². The number of hydrogen-bond donors (Lipinski definition) is 0. The van der Waals surface area contributed by atoms with E-state index in [1.54, 1.807) is 36.4 Å². The lowest BCUT2D eigenvalue weighted by Gasteiger charge is -2.32. The molecular weight excluding hydrogens is 401 g/mol. The molecule has 1 aliphatic heterocycles. The number of pyridine rings is 1. The zero-order chi connectivity index (χ0) is 21.9. The third-order valence-corrected chi connectivity index (χ3v) is 7.51. The Labute approximate surface area is 176 Å². The molecule has 0 N–H and O–H groups in total. The van der Waals surface area contributed by atoms with Crippen molar-refractivity contribution in [1.29, 1.82) is 5.26 Å². The van der Waals surface area contributed by atoms with E-state index in [1.807, 2.05) is 40.7 Å². The second kappa shape index (κ2) is 6.67. The number of fused-ring (bicyclic) bond motifs is 1. The van der Waals surface area contributed by atoms with Crippen LogP contribution >= 0.6 is 0 Å². The van der Waals surface area contributed by atoms with Crippen LogP contribution in [-0.2, 0) is 19.3 Å². The highest BCUT2D eigenvalue weighted by Gasteiger charge is 2.52. The van der Waals surface area contributed by atoms with Gasteiger partial charge in [-0.1, -0.05) is 17.7 Å². The van der Waals surface area contributed by atoms with Crippen LogP contribution in [0.2, 0.25) is 0 Å². The summed E-state index contributed by atoms with van der Waals surface area (Å²) in [6.45, 7) is 9.61. The van der Waals surface area contributed by atoms with Crippen molar-refractivity contribution in [3.8, 4) is 6.07 Å². The van der Waals surface area contributed by atoms with Gasteiger partial charge < -0.3 is 9.31 Å². The molecule has 0 amide bonds. The molecule has 9 heteroatoms. The normalized spacial score (nSPS) is 17.9. The molecule has 0 spiro atoms. The summed E-state index contributed by atoms with van der Waals surface area (Å²) in [6, 6.07) is 11.8. The fraction of sp³-hybridized carbons (Fsp3) is 0.333. The maximum absolute atomic E-state index is 13.4. The molecular formula is C21H22BN3O4S. The molecule has 4 rings (SSSR count). The number of benzene rings is 1. The van der Waals surface area contributed by atoms with Gasteiger partial charge in [0.2, 0.25) is 0 Å². The molecule has 0 radical (unpaired) electrons. The highest BCUT2D eigenvalue weighted by Crippen LogP contribution is 2.37. The summed E-state index contributed by atoms with van der Waals surface area (Å²) in [4.78, 5) is 4.41. The molecule has 1 aliphatic rings. The minimum atomic E-state index is -3.94. The third kappa shape index (κ3) is 3.12. The van der Waals surface area contributed by atoms with Gasteiger partial charge in [0.1, 0.15) is 11.8 Å². The molecule has 1 saturated heterocycles. The van der Waals surface area contributed by atoms with E-state index in [9.17, 15) is 13.7 Å². The van der Waals surface area contributed by atoms with Crippen molar-refractivity contribution in [3.63, 3.8) is 0 Å². The topological polar surface area (TPSA) is 94.2 Å². The SMILES string of the molecule is Cc1ccc(S(=O)(=O)n2cc(B3OC(C)(C)C(C)(C)O3)c3ccc(C#N)nc32)cc1. The van der Waals surface area contributed by atoms with E-state index in [2.05, 4.69) is 4.98 Å². The van der Waals surface area contributed by atoms with E-state index < -0.39 is 28.3 Å². The van der Waals surface area contributed by atoms with Crippen LogP contribution in [0.15, 0.2) is 47.5 Å². The van der Waals surface area contributed by atoms with Gasteiger partial charge in [0.25, 0.3) is 10.0 Å². The Morgan fingerprint density at radius 3 is 2.20 bits per heavy atom. The van der Waals surface area contributed by atoms with E-state index in [1.165, 1.54) is 6.20 Å². The Kier molecular flexibility index (Phi) is 4.58. The molecule has 0 bridgehead atoms. The first-order valence-electron chi connectivity index (χ1n) is 9.56. The van der Waals surface area contributed by atoms with Crippen molar-refractivity contribution in [2.45, 2.75) is 50.7 Å². The molecule has 154 valence electrons. The highest BCUT2D eigenvalue weighted by atomic mass is 32.2. The van der Waals surface area contributed by atoms with Gasteiger partial charge in [-0.2, -0.15) is 5.26 Å². The van der Waals surface area contributed by atoms with Crippen LogP contribution in [0.5, 0.6) is 0 Å². The average Bonchev–Trinajstić information content (AvgIpc) is 3.16. The Morgan fingerprint density at radius 1 is 1.03 bits per heavy atom. The highest BCUT2D eigenvalue weighted by molar-refractivity contribution is 7.90. The lowest BCUT2D eigenvalue weighted by Crippen LogP contribution is -2.41. The predicted octanol–water partition coefficient (Wildman–Crippen LogP) is 2.75. The minimum absolute atomic E-state index is 0.126. The number of hydrogen-bond acceptors (Lipinski definition) is 6. The number of aryl methyl sites for hydroxylation is 1. The van der Waals surface area contributed by atoms with Gasteiger partial charge >= 0.3 is 7.12 Å². The van der Waals surface area contributed by atoms with Crippen LogP contribution in [0, 0.1) is 18.3 Å². The standard InChI is InChI=1S/C21H22BN3O4S/c1-14-6-9-16(10-7-14)30(26,27)25-13-18(17-11-8-15(12-23)24-19(17)25)22-28-20(2,3)21(4,5)29-22/h6-11,13H,1-5H3. The van der Waals surface area contributed by atoms with Crippen LogP contribution in [0.3, 0.4) is 0 Å². The van der Waals surface area contributed by atoms with E-state index in [0.717, 1.165) is 9.54 Å². The van der Waals surface area contributed by atoms with E-state index in [-0.39, 0.29) is 16.2 Å². The molecule has 30 heavy (non-hydrogen) atoms. The second-order valence-corrected chi connectivity index (χ2v) is 10.3. The third-order valence-electron chi connectivity index (χ3n) is 5.85. The molecule has 0 atom stereocenters. The first-order chi connectivity index (χ1) is 14.0. The average molecular weight is 423 g/mol. The molecule has 1 fully saturated rings. The maximum atomic E-state index is 13.4. The summed E-state index contributed by atoms with van der Waals surface area (Å²) >= 11 is 0. The minimum Gasteiger partial charge on any atom is -0.399 e. The summed E-state index contributed by atoms with van der Waals surface area (Å²) in [5, 5.41) is 9.83. The fourth-order valence-corrected chi connectivity index (χ4v) is 4.65. The molecule has 1 aromatic carbocycles. The van der Waals surface area contributed by atoms with Crippen molar-refractivity contribution < 1.29 is 17.7 Å². The molecule has 2 aromatic heterocycles. The Balaban J connectivity index is 1.93. The van der Waals surface area contributed by atoms with Crippen molar-refractivity contribution in [3.05, 3.63) is 53.9 Å². The largest absolute Gasteiger partial charge is 0.497 e. The zero-order valence-corrected chi connectivity index (χ0v) is 18.3. The number of nitriles is 1. The number of aromatic nitrogens is 2. The molecule has 0 unspecified atom stereocenters.